The third-order valence-corrected chi connectivity index (χ3v) is 5.28. The zero-order valence-corrected chi connectivity index (χ0v) is 11.2. The van der Waals surface area contributed by atoms with Gasteiger partial charge in [0.1, 0.15) is 11.9 Å². The molecule has 104 valence electrons. The molecule has 1 aromatic carbocycles. The molecule has 5 nitrogen and oxygen atoms in total. The summed E-state index contributed by atoms with van der Waals surface area (Å²) >= 11 is 0. The van der Waals surface area contributed by atoms with Crippen molar-refractivity contribution in [3.8, 4) is 0 Å². The first-order valence-electron chi connectivity index (χ1n) is 5.85. The van der Waals surface area contributed by atoms with E-state index in [1.54, 1.807) is 0 Å². The maximum Gasteiger partial charge on any atom is 0.322 e. The number of aryl methyl sites for hydroxylation is 1. The second-order valence-electron chi connectivity index (χ2n) is 4.52. The molecule has 1 fully saturated rings. The SMILES string of the molecule is Cc1cc(F)ccc1S(=O)(=O)N1CCC[C@H]1C(=O)O. The average Bonchev–Trinajstić information content (AvgIpc) is 2.77. The Morgan fingerprint density at radius 3 is 2.74 bits per heavy atom. The molecule has 0 bridgehead atoms. The number of aliphatic carboxylic acids is 1. The number of carboxylic acid groups (broad SMARTS) is 1. The summed E-state index contributed by atoms with van der Waals surface area (Å²) in [6.45, 7) is 1.66. The van der Waals surface area contributed by atoms with Crippen molar-refractivity contribution in [1.82, 2.24) is 4.31 Å². The molecule has 0 spiro atoms. The van der Waals surface area contributed by atoms with E-state index in [0.717, 1.165) is 16.4 Å². The number of carboxylic acids is 1. The summed E-state index contributed by atoms with van der Waals surface area (Å²) in [6, 6.07) is 2.33. The summed E-state index contributed by atoms with van der Waals surface area (Å²) in [5.41, 5.74) is 0.274. The van der Waals surface area contributed by atoms with Crippen LogP contribution in [0.4, 0.5) is 4.39 Å². The summed E-state index contributed by atoms with van der Waals surface area (Å²) in [5.74, 6) is -1.67. The third-order valence-electron chi connectivity index (χ3n) is 3.21. The molecule has 1 saturated heterocycles. The summed E-state index contributed by atoms with van der Waals surface area (Å²) in [7, 11) is -3.89. The fraction of sp³-hybridized carbons (Fsp3) is 0.417. The van der Waals surface area contributed by atoms with Gasteiger partial charge in [0.25, 0.3) is 0 Å². The molecule has 0 saturated carbocycles. The van der Waals surface area contributed by atoms with E-state index in [-0.39, 0.29) is 17.0 Å². The van der Waals surface area contributed by atoms with Crippen LogP contribution >= 0.6 is 0 Å². The van der Waals surface area contributed by atoms with Crippen molar-refractivity contribution in [3.63, 3.8) is 0 Å². The standard InChI is InChI=1S/C12H14FNO4S/c1-8-7-9(13)4-5-11(8)19(17,18)14-6-2-3-10(14)12(15)16/h4-5,7,10H,2-3,6H2,1H3,(H,15,16)/t10-/m0/s1. The Balaban J connectivity index is 2.45. The van der Waals surface area contributed by atoms with Crippen LogP contribution in [0.1, 0.15) is 18.4 Å². The van der Waals surface area contributed by atoms with Crippen LogP contribution in [0.5, 0.6) is 0 Å². The molecule has 1 heterocycles. The van der Waals surface area contributed by atoms with Gasteiger partial charge in [0.2, 0.25) is 10.0 Å². The number of sulfonamides is 1. The lowest BCUT2D eigenvalue weighted by molar-refractivity contribution is -0.140. The number of benzene rings is 1. The molecule has 0 radical (unpaired) electrons. The highest BCUT2D eigenvalue weighted by atomic mass is 32.2. The van der Waals surface area contributed by atoms with Crippen LogP contribution in [-0.2, 0) is 14.8 Å². The van der Waals surface area contributed by atoms with Gasteiger partial charge in [-0.1, -0.05) is 0 Å². The largest absolute Gasteiger partial charge is 0.480 e. The topological polar surface area (TPSA) is 74.7 Å². The van der Waals surface area contributed by atoms with Gasteiger partial charge < -0.3 is 5.11 Å². The first kappa shape index (κ1) is 14.0. The predicted molar refractivity (Wildman–Crippen MR) is 65.7 cm³/mol. The highest BCUT2D eigenvalue weighted by molar-refractivity contribution is 7.89. The Labute approximate surface area is 110 Å². The van der Waals surface area contributed by atoms with Crippen LogP contribution < -0.4 is 0 Å². The molecule has 19 heavy (non-hydrogen) atoms. The molecule has 1 aliphatic rings. The predicted octanol–water partition coefficient (Wildman–Crippen LogP) is 1.37. The van der Waals surface area contributed by atoms with Gasteiger partial charge in [-0.3, -0.25) is 4.79 Å². The molecule has 0 aliphatic carbocycles. The summed E-state index contributed by atoms with van der Waals surface area (Å²) in [5, 5.41) is 9.04. The van der Waals surface area contributed by atoms with E-state index in [2.05, 4.69) is 0 Å². The molecule has 0 unspecified atom stereocenters. The molecular weight excluding hydrogens is 273 g/mol. The molecule has 1 aliphatic heterocycles. The van der Waals surface area contributed by atoms with Crippen LogP contribution in [0.15, 0.2) is 23.1 Å². The molecule has 7 heteroatoms. The molecule has 2 rings (SSSR count). The van der Waals surface area contributed by atoms with E-state index >= 15 is 0 Å². The number of halogens is 1. The molecule has 1 aromatic rings. The minimum absolute atomic E-state index is 0.0398. The lowest BCUT2D eigenvalue weighted by atomic mass is 10.2. The normalized spacial score (nSPS) is 20.6. The van der Waals surface area contributed by atoms with Crippen LogP contribution in [0.25, 0.3) is 0 Å². The van der Waals surface area contributed by atoms with E-state index in [0.29, 0.717) is 12.8 Å². The van der Waals surface area contributed by atoms with E-state index in [1.807, 2.05) is 0 Å². The smallest absolute Gasteiger partial charge is 0.322 e. The summed E-state index contributed by atoms with van der Waals surface area (Å²) in [4.78, 5) is 11.0. The zero-order valence-electron chi connectivity index (χ0n) is 10.3. The Bertz CT molecular complexity index is 614. The van der Waals surface area contributed by atoms with Gasteiger partial charge in [-0.15, -0.1) is 0 Å². The van der Waals surface area contributed by atoms with Crippen molar-refractivity contribution in [2.24, 2.45) is 0 Å². The van der Waals surface area contributed by atoms with Crippen molar-refractivity contribution < 1.29 is 22.7 Å². The minimum Gasteiger partial charge on any atom is -0.480 e. The molecule has 1 atom stereocenters. The van der Waals surface area contributed by atoms with Crippen molar-refractivity contribution in [1.29, 1.82) is 0 Å². The van der Waals surface area contributed by atoms with Gasteiger partial charge in [-0.05, 0) is 43.5 Å². The van der Waals surface area contributed by atoms with Crippen molar-refractivity contribution in [2.75, 3.05) is 6.54 Å². The fourth-order valence-electron chi connectivity index (χ4n) is 2.30. The minimum atomic E-state index is -3.89. The molecule has 1 N–H and O–H groups in total. The maximum atomic E-state index is 13.0. The Morgan fingerprint density at radius 1 is 1.47 bits per heavy atom. The van der Waals surface area contributed by atoms with Gasteiger partial charge in [-0.25, -0.2) is 12.8 Å². The highest BCUT2D eigenvalue weighted by Crippen LogP contribution is 2.28. The van der Waals surface area contributed by atoms with Gasteiger partial charge in [0.05, 0.1) is 4.90 Å². The summed E-state index contributed by atoms with van der Waals surface area (Å²) < 4.78 is 38.8. The Hall–Kier alpha value is -1.47. The first-order valence-corrected chi connectivity index (χ1v) is 7.29. The number of hydrogen-bond donors (Lipinski definition) is 1. The molecule has 0 amide bonds. The van der Waals surface area contributed by atoms with Gasteiger partial charge in [0.15, 0.2) is 0 Å². The van der Waals surface area contributed by atoms with E-state index in [4.69, 9.17) is 5.11 Å². The summed E-state index contributed by atoms with van der Waals surface area (Å²) in [6.07, 6.45) is 0.811. The third kappa shape index (κ3) is 2.48. The lowest BCUT2D eigenvalue weighted by Gasteiger charge is -2.21. The van der Waals surface area contributed by atoms with Crippen LogP contribution in [0.2, 0.25) is 0 Å². The van der Waals surface area contributed by atoms with Crippen LogP contribution in [0, 0.1) is 12.7 Å². The molecule has 0 aromatic heterocycles. The van der Waals surface area contributed by atoms with Crippen LogP contribution in [-0.4, -0.2) is 36.4 Å². The van der Waals surface area contributed by atoms with Gasteiger partial charge in [0, 0.05) is 6.54 Å². The second kappa shape index (κ2) is 4.90. The van der Waals surface area contributed by atoms with E-state index in [9.17, 15) is 17.6 Å². The maximum absolute atomic E-state index is 13.0. The fourth-order valence-corrected chi connectivity index (χ4v) is 4.16. The molecular formula is C12H14FNO4S. The van der Waals surface area contributed by atoms with E-state index < -0.39 is 27.9 Å². The average molecular weight is 287 g/mol. The highest BCUT2D eigenvalue weighted by Gasteiger charge is 2.39. The second-order valence-corrected chi connectivity index (χ2v) is 6.38. The van der Waals surface area contributed by atoms with Crippen LogP contribution in [0.3, 0.4) is 0 Å². The number of carbonyl (C=O) groups is 1. The van der Waals surface area contributed by atoms with Gasteiger partial charge >= 0.3 is 5.97 Å². The van der Waals surface area contributed by atoms with Crippen molar-refractivity contribution in [3.05, 3.63) is 29.6 Å². The Kier molecular flexibility index (Phi) is 3.60. The quantitative estimate of drug-likeness (QED) is 0.911. The Morgan fingerprint density at radius 2 is 2.16 bits per heavy atom. The van der Waals surface area contributed by atoms with Gasteiger partial charge in [-0.2, -0.15) is 4.31 Å². The van der Waals surface area contributed by atoms with E-state index in [1.165, 1.54) is 13.0 Å². The zero-order chi connectivity index (χ0) is 14.2. The first-order chi connectivity index (χ1) is 8.84. The lowest BCUT2D eigenvalue weighted by Crippen LogP contribution is -2.40. The number of hydrogen-bond acceptors (Lipinski definition) is 3. The monoisotopic (exact) mass is 287 g/mol. The number of rotatable bonds is 3. The van der Waals surface area contributed by atoms with Crippen molar-refractivity contribution >= 4 is 16.0 Å². The van der Waals surface area contributed by atoms with Crippen molar-refractivity contribution in [2.45, 2.75) is 30.7 Å². The number of nitrogens with zero attached hydrogens (tertiary/aromatic N) is 1.